The Kier molecular flexibility index (Phi) is 4.85. The highest BCUT2D eigenvalue weighted by atomic mass is 32.2. The van der Waals surface area contributed by atoms with Gasteiger partial charge in [-0.2, -0.15) is 5.10 Å². The summed E-state index contributed by atoms with van der Waals surface area (Å²) in [6.45, 7) is 8.09. The molecule has 0 fully saturated rings. The quantitative estimate of drug-likeness (QED) is 0.721. The molecule has 0 saturated heterocycles. The molecule has 0 aliphatic carbocycles. The summed E-state index contributed by atoms with van der Waals surface area (Å²) in [4.78, 5) is 0.161. The summed E-state index contributed by atoms with van der Waals surface area (Å²) in [5.41, 5.74) is 1.14. The van der Waals surface area contributed by atoms with Crippen molar-refractivity contribution in [1.29, 1.82) is 0 Å². The molecule has 0 aliphatic rings. The van der Waals surface area contributed by atoms with Gasteiger partial charge in [-0.1, -0.05) is 62.4 Å². The molecule has 0 unspecified atom stereocenters. The molecule has 7 nitrogen and oxygen atoms in total. The number of aryl methyl sites for hydroxylation is 1. The van der Waals surface area contributed by atoms with Crippen molar-refractivity contribution in [1.82, 2.24) is 20.0 Å². The highest BCUT2D eigenvalue weighted by molar-refractivity contribution is 7.93. The SMILES string of the molecule is Cc1nnc(NS(=O)(=O)c2cn(Cc3ccccc3)nc2C(C)(C)C)s1. The Morgan fingerprint density at radius 3 is 2.42 bits per heavy atom. The van der Waals surface area contributed by atoms with Gasteiger partial charge in [0.2, 0.25) is 5.13 Å². The van der Waals surface area contributed by atoms with Crippen LogP contribution in [0.5, 0.6) is 0 Å². The lowest BCUT2D eigenvalue weighted by molar-refractivity contribution is 0.533. The first kappa shape index (κ1) is 18.5. The minimum absolute atomic E-state index is 0.161. The smallest absolute Gasteiger partial charge is 0.267 e. The highest BCUT2D eigenvalue weighted by Crippen LogP contribution is 2.29. The lowest BCUT2D eigenvalue weighted by atomic mass is 9.92. The number of hydrogen-bond acceptors (Lipinski definition) is 6. The van der Waals surface area contributed by atoms with E-state index in [-0.39, 0.29) is 10.0 Å². The van der Waals surface area contributed by atoms with Crippen LogP contribution in [0, 0.1) is 6.92 Å². The van der Waals surface area contributed by atoms with Crippen molar-refractivity contribution in [2.45, 2.75) is 44.6 Å². The zero-order chi connectivity index (χ0) is 18.9. The molecule has 9 heteroatoms. The molecular weight excluding hydrogens is 370 g/mol. The van der Waals surface area contributed by atoms with Crippen LogP contribution in [0.3, 0.4) is 0 Å². The number of nitrogens with zero attached hydrogens (tertiary/aromatic N) is 4. The van der Waals surface area contributed by atoms with Gasteiger partial charge in [-0.25, -0.2) is 8.42 Å². The normalized spacial score (nSPS) is 12.3. The number of anilines is 1. The maximum absolute atomic E-state index is 12.9. The fraction of sp³-hybridized carbons (Fsp3) is 0.353. The van der Waals surface area contributed by atoms with Crippen molar-refractivity contribution >= 4 is 26.5 Å². The van der Waals surface area contributed by atoms with E-state index in [1.54, 1.807) is 17.8 Å². The van der Waals surface area contributed by atoms with Gasteiger partial charge in [0.25, 0.3) is 10.0 Å². The Morgan fingerprint density at radius 2 is 1.85 bits per heavy atom. The monoisotopic (exact) mass is 391 g/mol. The molecule has 1 N–H and O–H groups in total. The van der Waals surface area contributed by atoms with Crippen molar-refractivity contribution in [3.63, 3.8) is 0 Å². The van der Waals surface area contributed by atoms with Gasteiger partial charge in [-0.15, -0.1) is 10.2 Å². The Labute approximate surface area is 157 Å². The van der Waals surface area contributed by atoms with E-state index in [0.29, 0.717) is 17.2 Å². The van der Waals surface area contributed by atoms with Gasteiger partial charge in [-0.05, 0) is 12.5 Å². The van der Waals surface area contributed by atoms with Crippen LogP contribution in [0.2, 0.25) is 0 Å². The molecule has 138 valence electrons. The van der Waals surface area contributed by atoms with Crippen molar-refractivity contribution < 1.29 is 8.42 Å². The number of nitrogens with one attached hydrogen (secondary N) is 1. The molecule has 3 aromatic rings. The minimum atomic E-state index is -3.81. The van der Waals surface area contributed by atoms with Gasteiger partial charge in [0, 0.05) is 11.6 Å². The van der Waals surface area contributed by atoms with E-state index in [1.807, 2.05) is 51.1 Å². The van der Waals surface area contributed by atoms with Crippen molar-refractivity contribution in [3.05, 3.63) is 52.8 Å². The number of aromatic nitrogens is 4. The molecule has 0 bridgehead atoms. The first-order valence-electron chi connectivity index (χ1n) is 8.10. The average molecular weight is 392 g/mol. The van der Waals surface area contributed by atoms with Crippen LogP contribution in [0.4, 0.5) is 5.13 Å². The third-order valence-corrected chi connectivity index (χ3v) is 5.89. The largest absolute Gasteiger partial charge is 0.267 e. The summed E-state index contributed by atoms with van der Waals surface area (Å²) in [7, 11) is -3.81. The van der Waals surface area contributed by atoms with Crippen molar-refractivity contribution in [2.75, 3.05) is 4.72 Å². The van der Waals surface area contributed by atoms with E-state index < -0.39 is 15.4 Å². The fourth-order valence-electron chi connectivity index (χ4n) is 2.48. The van der Waals surface area contributed by atoms with Gasteiger partial charge < -0.3 is 0 Å². The van der Waals surface area contributed by atoms with Crippen LogP contribution in [0.15, 0.2) is 41.4 Å². The predicted octanol–water partition coefficient (Wildman–Crippen LogP) is 3.19. The van der Waals surface area contributed by atoms with Gasteiger partial charge in [0.05, 0.1) is 12.2 Å². The van der Waals surface area contributed by atoms with E-state index >= 15 is 0 Å². The zero-order valence-electron chi connectivity index (χ0n) is 15.1. The Balaban J connectivity index is 1.99. The van der Waals surface area contributed by atoms with E-state index in [1.165, 1.54) is 11.3 Å². The summed E-state index contributed by atoms with van der Waals surface area (Å²) < 4.78 is 30.0. The zero-order valence-corrected chi connectivity index (χ0v) is 16.7. The maximum Gasteiger partial charge on any atom is 0.267 e. The molecule has 0 radical (unpaired) electrons. The average Bonchev–Trinajstić information content (AvgIpc) is 3.14. The molecule has 2 heterocycles. The molecule has 1 aromatic carbocycles. The number of sulfonamides is 1. The Hall–Kier alpha value is -2.26. The van der Waals surface area contributed by atoms with Crippen LogP contribution < -0.4 is 4.72 Å². The third kappa shape index (κ3) is 4.10. The van der Waals surface area contributed by atoms with Crippen LogP contribution in [-0.4, -0.2) is 28.4 Å². The number of benzene rings is 1. The van der Waals surface area contributed by atoms with Gasteiger partial charge in [0.15, 0.2) is 0 Å². The molecule has 0 atom stereocenters. The molecule has 0 saturated carbocycles. The second-order valence-corrected chi connectivity index (χ2v) is 9.84. The molecular formula is C17H21N5O2S2. The molecule has 0 amide bonds. The van der Waals surface area contributed by atoms with Gasteiger partial charge in [-0.3, -0.25) is 9.40 Å². The summed E-state index contributed by atoms with van der Waals surface area (Å²) in [5, 5.41) is 13.2. The van der Waals surface area contributed by atoms with Crippen LogP contribution in [0.25, 0.3) is 0 Å². The topological polar surface area (TPSA) is 89.8 Å². The minimum Gasteiger partial charge on any atom is -0.267 e. The first-order valence-corrected chi connectivity index (χ1v) is 10.4. The second-order valence-electron chi connectivity index (χ2n) is 7.01. The second kappa shape index (κ2) is 6.81. The third-order valence-electron chi connectivity index (χ3n) is 3.66. The fourth-order valence-corrected chi connectivity index (χ4v) is 4.66. The van der Waals surface area contributed by atoms with Gasteiger partial charge in [0.1, 0.15) is 9.90 Å². The molecule has 3 rings (SSSR count). The summed E-state index contributed by atoms with van der Waals surface area (Å²) >= 11 is 1.19. The summed E-state index contributed by atoms with van der Waals surface area (Å²) in [5.74, 6) is 0. The molecule has 2 aromatic heterocycles. The maximum atomic E-state index is 12.9. The van der Waals surface area contributed by atoms with Crippen molar-refractivity contribution in [3.8, 4) is 0 Å². The van der Waals surface area contributed by atoms with E-state index in [4.69, 9.17) is 0 Å². The van der Waals surface area contributed by atoms with Crippen molar-refractivity contribution in [2.24, 2.45) is 0 Å². The van der Waals surface area contributed by atoms with Gasteiger partial charge >= 0.3 is 0 Å². The first-order chi connectivity index (χ1) is 12.1. The molecule has 0 aliphatic heterocycles. The Morgan fingerprint density at radius 1 is 1.15 bits per heavy atom. The molecule has 26 heavy (non-hydrogen) atoms. The van der Waals surface area contributed by atoms with E-state index in [0.717, 1.165) is 5.56 Å². The summed E-state index contributed by atoms with van der Waals surface area (Å²) in [6, 6.07) is 9.79. The number of rotatable bonds is 5. The lowest BCUT2D eigenvalue weighted by Crippen LogP contribution is -2.20. The molecule has 0 spiro atoms. The van der Waals surface area contributed by atoms with Crippen LogP contribution in [-0.2, 0) is 22.0 Å². The summed E-state index contributed by atoms with van der Waals surface area (Å²) in [6.07, 6.45) is 1.57. The van der Waals surface area contributed by atoms with E-state index in [9.17, 15) is 8.42 Å². The predicted molar refractivity (Wildman–Crippen MR) is 102 cm³/mol. The van der Waals surface area contributed by atoms with Crippen LogP contribution in [0.1, 0.15) is 37.0 Å². The van der Waals surface area contributed by atoms with E-state index in [2.05, 4.69) is 20.0 Å². The Bertz CT molecular complexity index is 1000. The highest BCUT2D eigenvalue weighted by Gasteiger charge is 2.30. The number of hydrogen-bond donors (Lipinski definition) is 1. The van der Waals surface area contributed by atoms with Crippen LogP contribution >= 0.6 is 11.3 Å². The lowest BCUT2D eigenvalue weighted by Gasteiger charge is -2.17. The standard InChI is InChI=1S/C17H21N5O2S2/c1-12-18-19-16(25-12)21-26(23,24)14-11-22(20-15(14)17(2,3)4)10-13-8-6-5-7-9-13/h5-9,11H,10H2,1-4H3,(H,19,21).